The van der Waals surface area contributed by atoms with Gasteiger partial charge in [0.25, 0.3) is 0 Å². The summed E-state index contributed by atoms with van der Waals surface area (Å²) in [5, 5.41) is 8.61. The second kappa shape index (κ2) is 3.81. The first kappa shape index (κ1) is 9.23. The fourth-order valence-corrected chi connectivity index (χ4v) is 1.95. The van der Waals surface area contributed by atoms with Crippen molar-refractivity contribution in [2.75, 3.05) is 13.6 Å². The van der Waals surface area contributed by atoms with Crippen molar-refractivity contribution < 1.29 is 0 Å². The van der Waals surface area contributed by atoms with Gasteiger partial charge in [-0.1, -0.05) is 18.2 Å². The van der Waals surface area contributed by atoms with E-state index in [9.17, 15) is 0 Å². The molecule has 0 aromatic heterocycles. The van der Waals surface area contributed by atoms with Gasteiger partial charge < -0.3 is 4.90 Å². The lowest BCUT2D eigenvalue weighted by Gasteiger charge is -2.25. The Morgan fingerprint density at radius 3 is 3.07 bits per heavy atom. The number of nitrogens with zero attached hydrogens (tertiary/aromatic N) is 2. The minimum atomic E-state index is 0.531. The second-order valence-electron chi connectivity index (χ2n) is 3.93. The molecule has 0 atom stereocenters. The molecule has 2 heteroatoms. The average molecular weight is 186 g/mol. The number of nitriles is 1. The van der Waals surface area contributed by atoms with Crippen LogP contribution in [-0.4, -0.2) is 18.5 Å². The molecule has 0 fully saturated rings. The van der Waals surface area contributed by atoms with Crippen molar-refractivity contribution in [2.45, 2.75) is 19.4 Å². The van der Waals surface area contributed by atoms with E-state index in [2.05, 4.69) is 36.2 Å². The molecule has 0 aliphatic carbocycles. The van der Waals surface area contributed by atoms with E-state index >= 15 is 0 Å². The Balaban J connectivity index is 2.28. The number of benzene rings is 1. The van der Waals surface area contributed by atoms with Crippen LogP contribution >= 0.6 is 0 Å². The predicted octanol–water partition coefficient (Wildman–Crippen LogP) is 1.74. The molecule has 1 aliphatic rings. The van der Waals surface area contributed by atoms with Crippen LogP contribution in [0.1, 0.15) is 16.7 Å². The third-order valence-electron chi connectivity index (χ3n) is 2.76. The van der Waals surface area contributed by atoms with Gasteiger partial charge in [0.15, 0.2) is 0 Å². The average Bonchev–Trinajstić information content (AvgIpc) is 2.19. The van der Waals surface area contributed by atoms with Crippen LogP contribution in [0.2, 0.25) is 0 Å². The van der Waals surface area contributed by atoms with Gasteiger partial charge in [-0.3, -0.25) is 0 Å². The second-order valence-corrected chi connectivity index (χ2v) is 3.93. The SMILES string of the molecule is CN1CCc2cc(CC#N)ccc2C1. The molecule has 1 aliphatic heterocycles. The molecule has 1 aromatic rings. The molecular weight excluding hydrogens is 172 g/mol. The summed E-state index contributed by atoms with van der Waals surface area (Å²) < 4.78 is 0. The van der Waals surface area contributed by atoms with Gasteiger partial charge in [-0.25, -0.2) is 0 Å². The molecule has 2 nitrogen and oxygen atoms in total. The molecule has 0 unspecified atom stereocenters. The summed E-state index contributed by atoms with van der Waals surface area (Å²) in [6.07, 6.45) is 1.65. The minimum Gasteiger partial charge on any atom is -0.302 e. The Morgan fingerprint density at radius 1 is 1.43 bits per heavy atom. The van der Waals surface area contributed by atoms with Crippen LogP contribution in [0.5, 0.6) is 0 Å². The van der Waals surface area contributed by atoms with Crippen LogP contribution < -0.4 is 0 Å². The number of hydrogen-bond donors (Lipinski definition) is 0. The van der Waals surface area contributed by atoms with E-state index in [1.165, 1.54) is 11.1 Å². The summed E-state index contributed by atoms with van der Waals surface area (Å²) in [4.78, 5) is 2.33. The Kier molecular flexibility index (Phi) is 2.51. The molecule has 0 spiro atoms. The summed E-state index contributed by atoms with van der Waals surface area (Å²) in [7, 11) is 2.14. The maximum absolute atomic E-state index is 8.61. The smallest absolute Gasteiger partial charge is 0.0669 e. The summed E-state index contributed by atoms with van der Waals surface area (Å²) in [6, 6.07) is 8.61. The highest BCUT2D eigenvalue weighted by Crippen LogP contribution is 2.19. The van der Waals surface area contributed by atoms with Gasteiger partial charge in [0.1, 0.15) is 0 Å². The number of hydrogen-bond acceptors (Lipinski definition) is 2. The summed E-state index contributed by atoms with van der Waals surface area (Å²) in [5.41, 5.74) is 3.99. The number of fused-ring (bicyclic) bond motifs is 1. The number of likely N-dealkylation sites (N-methyl/N-ethyl adjacent to an activating group) is 1. The van der Waals surface area contributed by atoms with Crippen molar-refractivity contribution in [3.8, 4) is 6.07 Å². The van der Waals surface area contributed by atoms with Gasteiger partial charge in [-0.05, 0) is 30.2 Å². The quantitative estimate of drug-likeness (QED) is 0.668. The van der Waals surface area contributed by atoms with E-state index < -0.39 is 0 Å². The lowest BCUT2D eigenvalue weighted by molar-refractivity contribution is 0.313. The van der Waals surface area contributed by atoms with Crippen molar-refractivity contribution in [1.29, 1.82) is 5.26 Å². The van der Waals surface area contributed by atoms with E-state index in [0.717, 1.165) is 25.1 Å². The lowest BCUT2D eigenvalue weighted by Crippen LogP contribution is -2.26. The lowest BCUT2D eigenvalue weighted by atomic mass is 9.97. The minimum absolute atomic E-state index is 0.531. The van der Waals surface area contributed by atoms with Crippen LogP contribution in [0.25, 0.3) is 0 Å². The molecule has 0 bridgehead atoms. The molecule has 0 amide bonds. The third kappa shape index (κ3) is 1.78. The standard InChI is InChI=1S/C12H14N2/c1-14-7-5-11-8-10(4-6-13)2-3-12(11)9-14/h2-3,8H,4-5,7,9H2,1H3. The first-order chi connectivity index (χ1) is 6.79. The monoisotopic (exact) mass is 186 g/mol. The zero-order chi connectivity index (χ0) is 9.97. The zero-order valence-corrected chi connectivity index (χ0v) is 8.45. The topological polar surface area (TPSA) is 27.0 Å². The van der Waals surface area contributed by atoms with Crippen LogP contribution in [0.4, 0.5) is 0 Å². The van der Waals surface area contributed by atoms with Gasteiger partial charge >= 0.3 is 0 Å². The van der Waals surface area contributed by atoms with Crippen LogP contribution in [0, 0.1) is 11.3 Å². The molecule has 1 aromatic carbocycles. The Morgan fingerprint density at radius 2 is 2.29 bits per heavy atom. The first-order valence-electron chi connectivity index (χ1n) is 4.96. The maximum Gasteiger partial charge on any atom is 0.0669 e. The highest BCUT2D eigenvalue weighted by molar-refractivity contribution is 5.34. The predicted molar refractivity (Wildman–Crippen MR) is 55.8 cm³/mol. The Labute approximate surface area is 84.8 Å². The maximum atomic E-state index is 8.61. The largest absolute Gasteiger partial charge is 0.302 e. The highest BCUT2D eigenvalue weighted by Gasteiger charge is 2.12. The number of rotatable bonds is 1. The fourth-order valence-electron chi connectivity index (χ4n) is 1.95. The van der Waals surface area contributed by atoms with E-state index in [-0.39, 0.29) is 0 Å². The van der Waals surface area contributed by atoms with Gasteiger partial charge in [-0.2, -0.15) is 5.26 Å². The molecular formula is C12H14N2. The van der Waals surface area contributed by atoms with E-state index in [1.807, 2.05) is 0 Å². The van der Waals surface area contributed by atoms with Gasteiger partial charge in [-0.15, -0.1) is 0 Å². The summed E-state index contributed by atoms with van der Waals surface area (Å²) in [5.74, 6) is 0. The first-order valence-corrected chi connectivity index (χ1v) is 4.96. The summed E-state index contributed by atoms with van der Waals surface area (Å²) >= 11 is 0. The van der Waals surface area contributed by atoms with Crippen molar-refractivity contribution in [2.24, 2.45) is 0 Å². The van der Waals surface area contributed by atoms with Gasteiger partial charge in [0.2, 0.25) is 0 Å². The van der Waals surface area contributed by atoms with Crippen molar-refractivity contribution in [3.05, 3.63) is 34.9 Å². The molecule has 0 N–H and O–H groups in total. The van der Waals surface area contributed by atoms with Crippen LogP contribution in [0.3, 0.4) is 0 Å². The third-order valence-corrected chi connectivity index (χ3v) is 2.76. The molecule has 2 rings (SSSR count). The van der Waals surface area contributed by atoms with E-state index in [0.29, 0.717) is 6.42 Å². The van der Waals surface area contributed by atoms with Crippen LogP contribution in [0.15, 0.2) is 18.2 Å². The summed E-state index contributed by atoms with van der Waals surface area (Å²) in [6.45, 7) is 2.17. The zero-order valence-electron chi connectivity index (χ0n) is 8.45. The molecule has 0 saturated heterocycles. The Bertz CT molecular complexity index is 376. The molecule has 0 saturated carbocycles. The Hall–Kier alpha value is -1.33. The molecule has 1 heterocycles. The molecule has 0 radical (unpaired) electrons. The molecule has 72 valence electrons. The highest BCUT2D eigenvalue weighted by atomic mass is 15.1. The fraction of sp³-hybridized carbons (Fsp3) is 0.417. The van der Waals surface area contributed by atoms with Crippen molar-refractivity contribution in [3.63, 3.8) is 0 Å². The molecule has 14 heavy (non-hydrogen) atoms. The van der Waals surface area contributed by atoms with E-state index in [4.69, 9.17) is 5.26 Å². The van der Waals surface area contributed by atoms with Gasteiger partial charge in [0, 0.05) is 13.1 Å². The van der Waals surface area contributed by atoms with E-state index in [1.54, 1.807) is 0 Å². The normalized spacial score (nSPS) is 16.0. The van der Waals surface area contributed by atoms with Gasteiger partial charge in [0.05, 0.1) is 12.5 Å². The van der Waals surface area contributed by atoms with Crippen LogP contribution in [-0.2, 0) is 19.4 Å². The van der Waals surface area contributed by atoms with Crippen molar-refractivity contribution >= 4 is 0 Å². The van der Waals surface area contributed by atoms with Crippen molar-refractivity contribution in [1.82, 2.24) is 4.90 Å².